The lowest BCUT2D eigenvalue weighted by molar-refractivity contribution is -0.117. The summed E-state index contributed by atoms with van der Waals surface area (Å²) >= 11 is 0. The number of rotatable bonds is 4. The van der Waals surface area contributed by atoms with Gasteiger partial charge in [0.2, 0.25) is 5.91 Å². The van der Waals surface area contributed by atoms with Gasteiger partial charge in [-0.1, -0.05) is 19.6 Å². The summed E-state index contributed by atoms with van der Waals surface area (Å²) in [6, 6.07) is 0. The molecule has 0 spiro atoms. The van der Waals surface area contributed by atoms with E-state index in [1.165, 1.54) is 0 Å². The number of nitrogens with one attached hydrogen (secondary N) is 1. The molecule has 2 aliphatic rings. The number of carbonyl (C=O) groups is 3. The highest BCUT2D eigenvalue weighted by atomic mass is 28.3. The topological polar surface area (TPSA) is 103 Å². The van der Waals surface area contributed by atoms with Crippen LogP contribution in [0.1, 0.15) is 65.6 Å². The van der Waals surface area contributed by atoms with E-state index in [1.807, 2.05) is 34.6 Å². The molecule has 0 saturated heterocycles. The number of hydrogen-bond acceptors (Lipinski definition) is 6. The first kappa shape index (κ1) is 24.3. The first-order valence-corrected chi connectivity index (χ1v) is 14.7. The molecule has 1 fully saturated rings. The zero-order chi connectivity index (χ0) is 24.3. The van der Waals surface area contributed by atoms with Crippen LogP contribution in [0.2, 0.25) is 24.7 Å². The molecule has 1 N–H and O–H groups in total. The number of nitrogens with zero attached hydrogens (tertiary/aromatic N) is 3. The van der Waals surface area contributed by atoms with Gasteiger partial charge in [0, 0.05) is 10.6 Å². The standard InChI is InChI=1S/C22H36N4O5Si/c1-10-30-19(29)26-16(23-17(27)22(11-12-22)32(7,8)9)14-13-25(18(28)31-20(2,3)4)21(5,6)15(14)24-26/h10-13H2,1-9H3,(H,23,27). The summed E-state index contributed by atoms with van der Waals surface area (Å²) in [7, 11) is -1.78. The van der Waals surface area contributed by atoms with Crippen LogP contribution in [0, 0.1) is 0 Å². The van der Waals surface area contributed by atoms with E-state index >= 15 is 0 Å². The molecule has 9 nitrogen and oxygen atoms in total. The minimum absolute atomic E-state index is 0.0848. The fraction of sp³-hybridized carbons (Fsp3) is 0.727. The molecule has 1 saturated carbocycles. The van der Waals surface area contributed by atoms with E-state index in [0.717, 1.165) is 17.5 Å². The Morgan fingerprint density at radius 1 is 1.12 bits per heavy atom. The molecule has 0 atom stereocenters. The second-order valence-electron chi connectivity index (χ2n) is 11.2. The Morgan fingerprint density at radius 3 is 2.19 bits per heavy atom. The summed E-state index contributed by atoms with van der Waals surface area (Å²) in [5, 5.41) is 7.14. The SMILES string of the molecule is CCOC(=O)n1nc2c(c1NC(=O)C1([Si](C)(C)C)CC1)CN(C(=O)OC(C)(C)C)C2(C)C. The van der Waals surface area contributed by atoms with E-state index in [1.54, 1.807) is 11.8 Å². The number of fused-ring (bicyclic) bond motifs is 1. The van der Waals surface area contributed by atoms with Crippen LogP contribution in [0.3, 0.4) is 0 Å². The van der Waals surface area contributed by atoms with Crippen LogP contribution in [-0.4, -0.2) is 53.1 Å². The van der Waals surface area contributed by atoms with E-state index in [-0.39, 0.29) is 29.9 Å². The molecule has 1 aromatic rings. The maximum absolute atomic E-state index is 13.4. The first-order chi connectivity index (χ1) is 14.5. The smallest absolute Gasteiger partial charge is 0.436 e. The Bertz CT molecular complexity index is 951. The molecular formula is C22H36N4O5Si. The zero-order valence-electron chi connectivity index (χ0n) is 20.7. The van der Waals surface area contributed by atoms with Gasteiger partial charge in [0.1, 0.15) is 11.4 Å². The van der Waals surface area contributed by atoms with Crippen molar-refractivity contribution >= 4 is 32.0 Å². The van der Waals surface area contributed by atoms with E-state index < -0.39 is 31.4 Å². The number of amides is 2. The van der Waals surface area contributed by atoms with Crippen molar-refractivity contribution in [2.75, 3.05) is 11.9 Å². The van der Waals surface area contributed by atoms with Crippen LogP contribution in [0.4, 0.5) is 15.4 Å². The molecule has 10 heteroatoms. The van der Waals surface area contributed by atoms with Crippen molar-refractivity contribution in [3.05, 3.63) is 11.3 Å². The third-order valence-electron chi connectivity index (χ3n) is 6.46. The average Bonchev–Trinajstić information content (AvgIpc) is 3.30. The molecule has 0 bridgehead atoms. The fourth-order valence-electron chi connectivity index (χ4n) is 4.30. The lowest BCUT2D eigenvalue weighted by atomic mass is 10.0. The molecule has 32 heavy (non-hydrogen) atoms. The number of carbonyl (C=O) groups excluding carboxylic acids is 3. The molecule has 0 radical (unpaired) electrons. The van der Waals surface area contributed by atoms with Gasteiger partial charge in [-0.15, -0.1) is 4.68 Å². The highest BCUT2D eigenvalue weighted by Gasteiger charge is 2.59. The van der Waals surface area contributed by atoms with Crippen molar-refractivity contribution in [3.63, 3.8) is 0 Å². The minimum atomic E-state index is -1.78. The van der Waals surface area contributed by atoms with Crippen molar-refractivity contribution in [2.24, 2.45) is 0 Å². The number of anilines is 1. The van der Waals surface area contributed by atoms with E-state index in [9.17, 15) is 14.4 Å². The Morgan fingerprint density at radius 2 is 1.72 bits per heavy atom. The van der Waals surface area contributed by atoms with E-state index in [0.29, 0.717) is 11.3 Å². The fourth-order valence-corrected chi connectivity index (χ4v) is 6.67. The molecule has 2 amide bonds. The van der Waals surface area contributed by atoms with Gasteiger partial charge in [-0.3, -0.25) is 9.69 Å². The lowest BCUT2D eigenvalue weighted by Crippen LogP contribution is -2.44. The minimum Gasteiger partial charge on any atom is -0.448 e. The van der Waals surface area contributed by atoms with Crippen LogP contribution in [-0.2, 0) is 26.4 Å². The molecular weight excluding hydrogens is 428 g/mol. The van der Waals surface area contributed by atoms with E-state index in [4.69, 9.17) is 9.47 Å². The number of ether oxygens (including phenoxy) is 2. The second kappa shape index (κ2) is 7.60. The Hall–Kier alpha value is -2.36. The Kier molecular flexibility index (Phi) is 5.77. The molecule has 1 aliphatic heterocycles. The average molecular weight is 465 g/mol. The lowest BCUT2D eigenvalue weighted by Gasteiger charge is -2.33. The first-order valence-electron chi connectivity index (χ1n) is 11.2. The maximum atomic E-state index is 13.4. The van der Waals surface area contributed by atoms with Gasteiger partial charge in [0.25, 0.3) is 0 Å². The van der Waals surface area contributed by atoms with Crippen LogP contribution >= 0.6 is 0 Å². The Labute approximate surface area is 190 Å². The summed E-state index contributed by atoms with van der Waals surface area (Å²) in [5.74, 6) is 0.200. The van der Waals surface area contributed by atoms with Crippen molar-refractivity contribution in [1.82, 2.24) is 14.7 Å². The van der Waals surface area contributed by atoms with Crippen molar-refractivity contribution in [2.45, 2.75) is 96.7 Å². The number of hydrogen-bond donors (Lipinski definition) is 1. The maximum Gasteiger partial charge on any atom is 0.436 e. The molecule has 1 aromatic heterocycles. The van der Waals surface area contributed by atoms with Crippen molar-refractivity contribution < 1.29 is 23.9 Å². The molecule has 1 aliphatic carbocycles. The molecule has 0 unspecified atom stereocenters. The van der Waals surface area contributed by atoms with Crippen molar-refractivity contribution in [1.29, 1.82) is 0 Å². The largest absolute Gasteiger partial charge is 0.448 e. The predicted molar refractivity (Wildman–Crippen MR) is 123 cm³/mol. The van der Waals surface area contributed by atoms with Crippen LogP contribution in [0.25, 0.3) is 0 Å². The van der Waals surface area contributed by atoms with Gasteiger partial charge >= 0.3 is 12.2 Å². The zero-order valence-corrected chi connectivity index (χ0v) is 21.7. The quantitative estimate of drug-likeness (QED) is 0.649. The molecule has 178 valence electrons. The second-order valence-corrected chi connectivity index (χ2v) is 16.7. The molecule has 0 aromatic carbocycles. The van der Waals surface area contributed by atoms with Gasteiger partial charge in [0.05, 0.1) is 32.5 Å². The predicted octanol–water partition coefficient (Wildman–Crippen LogP) is 4.68. The highest BCUT2D eigenvalue weighted by Crippen LogP contribution is 2.61. The van der Waals surface area contributed by atoms with Crippen LogP contribution < -0.4 is 5.32 Å². The summed E-state index contributed by atoms with van der Waals surface area (Å²) in [4.78, 5) is 40.5. The van der Waals surface area contributed by atoms with Gasteiger partial charge in [-0.25, -0.2) is 9.59 Å². The molecule has 2 heterocycles. The van der Waals surface area contributed by atoms with Gasteiger partial charge in [-0.2, -0.15) is 5.10 Å². The molecule has 3 rings (SSSR count). The van der Waals surface area contributed by atoms with Crippen LogP contribution in [0.5, 0.6) is 0 Å². The highest BCUT2D eigenvalue weighted by molar-refractivity contribution is 6.83. The Balaban J connectivity index is 2.01. The summed E-state index contributed by atoms with van der Waals surface area (Å²) < 4.78 is 11.9. The van der Waals surface area contributed by atoms with E-state index in [2.05, 4.69) is 30.1 Å². The number of aromatic nitrogens is 2. The third-order valence-corrected chi connectivity index (χ3v) is 10.1. The van der Waals surface area contributed by atoms with Gasteiger partial charge in [0.15, 0.2) is 0 Å². The summed E-state index contributed by atoms with van der Waals surface area (Å²) in [6.07, 6.45) is 0.565. The van der Waals surface area contributed by atoms with Gasteiger partial charge in [-0.05, 0) is 54.4 Å². The van der Waals surface area contributed by atoms with Crippen LogP contribution in [0.15, 0.2) is 0 Å². The van der Waals surface area contributed by atoms with Crippen molar-refractivity contribution in [3.8, 4) is 0 Å². The third kappa shape index (κ3) is 4.04. The normalized spacial score (nSPS) is 18.7. The van der Waals surface area contributed by atoms with Gasteiger partial charge < -0.3 is 14.8 Å². The monoisotopic (exact) mass is 464 g/mol. The summed E-state index contributed by atoms with van der Waals surface area (Å²) in [5.41, 5.74) is -0.298. The summed E-state index contributed by atoms with van der Waals surface area (Å²) in [6.45, 7) is 17.7.